The highest BCUT2D eigenvalue weighted by atomic mass is 32.3. The van der Waals surface area contributed by atoms with Gasteiger partial charge in [0.15, 0.2) is 0 Å². The number of nitrogens with one attached hydrogen (secondary N) is 1. The second-order valence-corrected chi connectivity index (χ2v) is 28.0. The van der Waals surface area contributed by atoms with Crippen molar-refractivity contribution in [1.29, 1.82) is 10.5 Å². The second kappa shape index (κ2) is 23.6. The third-order valence-corrected chi connectivity index (χ3v) is 21.4. The van der Waals surface area contributed by atoms with Crippen molar-refractivity contribution in [2.75, 3.05) is 0 Å². The van der Waals surface area contributed by atoms with Crippen LogP contribution in [0.25, 0.3) is 53.6 Å². The third-order valence-electron chi connectivity index (χ3n) is 14.7. The zero-order valence-corrected chi connectivity index (χ0v) is 50.8. The molecule has 0 aliphatic rings. The van der Waals surface area contributed by atoms with Crippen LogP contribution < -0.4 is 40.9 Å². The molecular weight excluding hydrogens is 1300 g/mol. The van der Waals surface area contributed by atoms with Gasteiger partial charge in [0.1, 0.15) is 39.0 Å². The Labute approximate surface area is 521 Å². The van der Waals surface area contributed by atoms with E-state index >= 15 is 26.3 Å². The van der Waals surface area contributed by atoms with Crippen LogP contribution in [-0.2, 0) is 30.2 Å². The summed E-state index contributed by atoms with van der Waals surface area (Å²) in [5, 5.41) is 10.6. The van der Waals surface area contributed by atoms with Gasteiger partial charge in [-0.15, -0.1) is 22.7 Å². The molecule has 11 rings (SSSR count). The Hall–Kier alpha value is -9.03. The molecule has 0 atom stereocenters. The van der Waals surface area contributed by atoms with Crippen LogP contribution in [0.2, 0.25) is 0 Å². The first-order chi connectivity index (χ1) is 43.1. The number of nitrogens with zero attached hydrogens (tertiary/aromatic N) is 6. The van der Waals surface area contributed by atoms with Crippen LogP contribution >= 0.6 is 22.7 Å². The maximum absolute atomic E-state index is 15.8. The van der Waals surface area contributed by atoms with Gasteiger partial charge in [0.25, 0.3) is 10.0 Å². The lowest BCUT2D eigenvalue weighted by atomic mass is 9.50. The highest BCUT2D eigenvalue weighted by molar-refractivity contribution is 8.05. The Morgan fingerprint density at radius 2 is 0.901 bits per heavy atom. The Kier molecular flexibility index (Phi) is 16.5. The summed E-state index contributed by atoms with van der Waals surface area (Å²) in [4.78, 5) is 10.0. The molecule has 0 radical (unpaired) electrons. The van der Waals surface area contributed by atoms with E-state index in [4.69, 9.17) is 9.97 Å². The fraction of sp³-hybridized carbons (Fsp3) is 0.115. The van der Waals surface area contributed by atoms with E-state index in [0.717, 1.165) is 23.1 Å². The molecule has 4 heterocycles. The molecule has 0 aliphatic heterocycles. The van der Waals surface area contributed by atoms with E-state index in [0.29, 0.717) is 54.6 Å². The van der Waals surface area contributed by atoms with Gasteiger partial charge in [0.05, 0.1) is 31.1 Å². The SMILES string of the molecule is CC(C)c1c2/c(=C(\C#N)c3nc4ccccc4s3)n(B(c3ccccc3)c3ccccc3)c(-c3ccc(OS(=O)(=O)C(F)(F)C(F)(F)C(F)(F)S(=O)(=O)NS(=O)(=O)C(F)(F)F)cc3)c2/c(=C(\C#N)c2nc3ccccc3s2)n1B(c1ccccc1)c1ccccc1. The quantitative estimate of drug-likeness (QED) is 0.0486. The van der Waals surface area contributed by atoms with Gasteiger partial charge in [-0.1, -0.05) is 185 Å². The molecular formula is C61H40B2F9N7O7S5. The number of hydrogen-bond acceptors (Lipinski definition) is 13. The smallest absolute Gasteiger partial charge is 0.378 e. The zero-order chi connectivity index (χ0) is 65.2. The van der Waals surface area contributed by atoms with Crippen molar-refractivity contribution in [3.05, 3.63) is 221 Å². The molecule has 0 saturated heterocycles. The maximum Gasteiger partial charge on any atom is 0.512 e. The van der Waals surface area contributed by atoms with Crippen LogP contribution in [0.15, 0.2) is 194 Å². The van der Waals surface area contributed by atoms with Crippen molar-refractivity contribution in [2.24, 2.45) is 0 Å². The number of halogens is 9. The van der Waals surface area contributed by atoms with E-state index in [1.54, 1.807) is 72.8 Å². The van der Waals surface area contributed by atoms with Gasteiger partial charge in [-0.3, -0.25) is 0 Å². The maximum atomic E-state index is 15.8. The highest BCUT2D eigenvalue weighted by Gasteiger charge is 2.83. The molecule has 0 unspecified atom stereocenters. The molecule has 0 fully saturated rings. The molecule has 0 saturated carbocycles. The Bertz CT molecular complexity index is 4980. The van der Waals surface area contributed by atoms with Crippen molar-refractivity contribution >= 4 is 131 Å². The summed E-state index contributed by atoms with van der Waals surface area (Å²) in [6, 6.07) is 59.3. The van der Waals surface area contributed by atoms with Gasteiger partial charge in [0, 0.05) is 22.2 Å². The molecule has 7 aromatic carbocycles. The van der Waals surface area contributed by atoms with Gasteiger partial charge in [0.2, 0.25) is 0 Å². The molecule has 0 spiro atoms. The average molecular weight is 1340 g/mol. The number of sulfonamides is 2. The van der Waals surface area contributed by atoms with Crippen LogP contribution in [0.4, 0.5) is 39.5 Å². The van der Waals surface area contributed by atoms with Crippen LogP contribution in [0.1, 0.15) is 35.5 Å². The van der Waals surface area contributed by atoms with Crippen LogP contribution in [0, 0.1) is 22.7 Å². The molecule has 30 heteroatoms. The first kappa shape index (κ1) is 63.5. The van der Waals surface area contributed by atoms with Crippen molar-refractivity contribution < 1.29 is 69.0 Å². The minimum Gasteiger partial charge on any atom is -0.378 e. The first-order valence-electron chi connectivity index (χ1n) is 26.9. The number of fused-ring (bicyclic) bond motifs is 3. The first-order valence-corrected chi connectivity index (χ1v) is 32.9. The summed E-state index contributed by atoms with van der Waals surface area (Å²) in [6.07, 6.45) is 0. The van der Waals surface area contributed by atoms with Crippen LogP contribution in [-0.4, -0.2) is 79.8 Å². The zero-order valence-electron chi connectivity index (χ0n) is 46.7. The van der Waals surface area contributed by atoms with Crippen molar-refractivity contribution in [3.8, 4) is 29.1 Å². The molecule has 0 bridgehead atoms. The number of benzene rings is 7. The van der Waals surface area contributed by atoms with Gasteiger partial charge >= 0.3 is 55.8 Å². The fourth-order valence-corrected chi connectivity index (χ4v) is 16.1. The predicted molar refractivity (Wildman–Crippen MR) is 332 cm³/mol. The summed E-state index contributed by atoms with van der Waals surface area (Å²) in [5.74, 6) is -9.63. The van der Waals surface area contributed by atoms with Gasteiger partial charge in [-0.05, 0) is 60.0 Å². The molecule has 1 N–H and O–H groups in total. The van der Waals surface area contributed by atoms with E-state index < -0.39 is 81.6 Å². The lowest BCUT2D eigenvalue weighted by Gasteiger charge is -2.31. The van der Waals surface area contributed by atoms with E-state index in [1.807, 2.05) is 120 Å². The predicted octanol–water partition coefficient (Wildman–Crippen LogP) is 9.50. The third kappa shape index (κ3) is 10.9. The van der Waals surface area contributed by atoms with Gasteiger partial charge in [-0.2, -0.15) is 58.5 Å². The molecule has 0 amide bonds. The Morgan fingerprint density at radius 1 is 0.516 bits per heavy atom. The topological polar surface area (TPSA) is 207 Å². The number of aromatic nitrogens is 4. The standard InChI is InChI=1S/C61H40B2F9N7O7S5/c1-37(2)52-50-51(55(45(36-74)57-76-47-28-16-18-30-49(47)88-57)78(52)62(39-19-7-3-8-20-39)40-21-9-4-10-22-40)53(38-31-33-43(34-32-38)86-91(84,85)60(68,69)58(64,65)59(66,67)89(80,81)77-90(82,83)61(70,71)72)79(63(41-23-11-5-12-24-41)42-25-13-6-14-26-42)54(50)44(35-73)56-75-46-27-15-17-29-48(46)87-56/h3-34,37,77H,1-2H3/b54-44-,55-45-. The molecule has 14 nitrogen and oxygen atoms in total. The van der Waals surface area contributed by atoms with E-state index in [9.17, 15) is 48.9 Å². The molecule has 11 aromatic rings. The van der Waals surface area contributed by atoms with Crippen molar-refractivity contribution in [2.45, 2.75) is 41.7 Å². The van der Waals surface area contributed by atoms with Gasteiger partial charge < -0.3 is 13.1 Å². The minimum atomic E-state index is -8.09. The average Bonchev–Trinajstić information content (AvgIpc) is 1.56. The van der Waals surface area contributed by atoms with Crippen LogP contribution in [0.3, 0.4) is 0 Å². The largest absolute Gasteiger partial charge is 0.512 e. The van der Waals surface area contributed by atoms with E-state index in [1.165, 1.54) is 22.7 Å². The fourth-order valence-electron chi connectivity index (χ4n) is 10.8. The summed E-state index contributed by atoms with van der Waals surface area (Å²) in [5.41, 5.74) is -2.40. The highest BCUT2D eigenvalue weighted by Crippen LogP contribution is 2.51. The number of rotatable bonds is 18. The molecule has 0 aliphatic carbocycles. The number of nitriles is 2. The second-order valence-electron chi connectivity index (χ2n) is 20.7. The normalized spacial score (nSPS) is 13.5. The lowest BCUT2D eigenvalue weighted by molar-refractivity contribution is -0.245. The monoisotopic (exact) mass is 1340 g/mol. The summed E-state index contributed by atoms with van der Waals surface area (Å²) in [7, 11) is -23.2. The van der Waals surface area contributed by atoms with Crippen molar-refractivity contribution in [1.82, 2.24) is 23.1 Å². The molecule has 460 valence electrons. The summed E-state index contributed by atoms with van der Waals surface area (Å²) >= 11 is 2.40. The number of hydrogen-bond donors (Lipinski definition) is 1. The Morgan fingerprint density at radius 3 is 1.29 bits per heavy atom. The van der Waals surface area contributed by atoms with Crippen molar-refractivity contribution in [3.63, 3.8) is 0 Å². The van der Waals surface area contributed by atoms with E-state index in [2.05, 4.69) is 16.3 Å². The van der Waals surface area contributed by atoms with Crippen LogP contribution in [0.5, 0.6) is 5.75 Å². The van der Waals surface area contributed by atoms with E-state index in [-0.39, 0.29) is 48.5 Å². The number of alkyl halides is 9. The Balaban J connectivity index is 1.30. The lowest BCUT2D eigenvalue weighted by Crippen LogP contribution is -2.64. The molecule has 91 heavy (non-hydrogen) atoms. The number of thiazole rings is 2. The minimum absolute atomic E-state index is 0.00242. The van der Waals surface area contributed by atoms with Gasteiger partial charge in [-0.25, -0.2) is 26.8 Å². The number of para-hydroxylation sites is 2. The summed E-state index contributed by atoms with van der Waals surface area (Å²) in [6.45, 7) is 2.02. The molecule has 4 aromatic heterocycles. The summed E-state index contributed by atoms with van der Waals surface area (Å²) < 4.78 is 215.